The summed E-state index contributed by atoms with van der Waals surface area (Å²) in [5.74, 6) is -1.86. The highest BCUT2D eigenvalue weighted by atomic mass is 35.5. The highest BCUT2D eigenvalue weighted by molar-refractivity contribution is 6.31. The molecule has 1 N–H and O–H groups in total. The maximum Gasteiger partial charge on any atom is 0.244 e. The van der Waals surface area contributed by atoms with E-state index in [0.717, 1.165) is 11.0 Å². The molecule has 0 aliphatic carbocycles. The van der Waals surface area contributed by atoms with E-state index in [9.17, 15) is 18.8 Å². The van der Waals surface area contributed by atoms with Gasteiger partial charge in [-0.25, -0.2) is 4.39 Å². The third-order valence-corrected chi connectivity index (χ3v) is 2.95. The van der Waals surface area contributed by atoms with Gasteiger partial charge in [-0.15, -0.1) is 0 Å². The van der Waals surface area contributed by atoms with Gasteiger partial charge in [-0.05, 0) is 18.2 Å². The van der Waals surface area contributed by atoms with Crippen molar-refractivity contribution in [3.05, 3.63) is 29.0 Å². The smallest absolute Gasteiger partial charge is 0.244 e. The lowest BCUT2D eigenvalue weighted by Gasteiger charge is -2.13. The standard InChI is InChI=1S/C12H10ClFN2O3/c13-8-5-7(1-2-9(8)14)15-10(17)6-16-11(18)3-4-12(16)19/h1-2,5H,3-4,6H2,(H,15,17). The minimum atomic E-state index is -0.593. The predicted octanol–water partition coefficient (Wildman–Crippen LogP) is 1.57. The average Bonchev–Trinajstić information content (AvgIpc) is 2.66. The monoisotopic (exact) mass is 284 g/mol. The van der Waals surface area contributed by atoms with Crippen molar-refractivity contribution in [2.45, 2.75) is 12.8 Å². The summed E-state index contributed by atoms with van der Waals surface area (Å²) in [7, 11) is 0. The van der Waals surface area contributed by atoms with E-state index in [2.05, 4.69) is 5.32 Å². The van der Waals surface area contributed by atoms with Gasteiger partial charge in [0.25, 0.3) is 0 Å². The Labute approximate surface area is 113 Å². The fourth-order valence-electron chi connectivity index (χ4n) is 1.72. The molecule has 1 aromatic carbocycles. The van der Waals surface area contributed by atoms with Gasteiger partial charge >= 0.3 is 0 Å². The summed E-state index contributed by atoms with van der Waals surface area (Å²) in [5, 5.41) is 2.32. The topological polar surface area (TPSA) is 66.5 Å². The first-order valence-electron chi connectivity index (χ1n) is 5.55. The van der Waals surface area contributed by atoms with Crippen LogP contribution in [0.1, 0.15) is 12.8 Å². The number of carbonyl (C=O) groups is 3. The number of anilines is 1. The molecular formula is C12H10ClFN2O3. The molecule has 0 unspecified atom stereocenters. The quantitative estimate of drug-likeness (QED) is 0.857. The number of likely N-dealkylation sites (tertiary alicyclic amines) is 1. The molecule has 0 spiro atoms. The van der Waals surface area contributed by atoms with Crippen molar-refractivity contribution in [2.75, 3.05) is 11.9 Å². The predicted molar refractivity (Wildman–Crippen MR) is 66.0 cm³/mol. The molecule has 0 radical (unpaired) electrons. The minimum Gasteiger partial charge on any atom is -0.324 e. The van der Waals surface area contributed by atoms with E-state index in [1.807, 2.05) is 0 Å². The first-order valence-corrected chi connectivity index (χ1v) is 5.93. The number of hydrogen-bond acceptors (Lipinski definition) is 3. The van der Waals surface area contributed by atoms with Gasteiger partial charge in [-0.2, -0.15) is 0 Å². The van der Waals surface area contributed by atoms with Crippen molar-refractivity contribution in [3.63, 3.8) is 0 Å². The lowest BCUT2D eigenvalue weighted by molar-refractivity contribution is -0.141. The van der Waals surface area contributed by atoms with Crippen LogP contribution in [0.4, 0.5) is 10.1 Å². The number of nitrogens with zero attached hydrogens (tertiary/aromatic N) is 1. The average molecular weight is 285 g/mol. The number of carbonyl (C=O) groups excluding carboxylic acids is 3. The lowest BCUT2D eigenvalue weighted by atomic mass is 10.3. The molecule has 5 nitrogen and oxygen atoms in total. The molecule has 1 fully saturated rings. The Morgan fingerprint density at radius 3 is 2.53 bits per heavy atom. The normalized spacial score (nSPS) is 14.9. The number of amides is 3. The number of nitrogens with one attached hydrogen (secondary N) is 1. The molecule has 7 heteroatoms. The number of benzene rings is 1. The summed E-state index contributed by atoms with van der Waals surface area (Å²) in [6.45, 7) is -0.341. The highest BCUT2D eigenvalue weighted by Gasteiger charge is 2.30. The number of rotatable bonds is 3. The second-order valence-corrected chi connectivity index (χ2v) is 4.46. The zero-order valence-corrected chi connectivity index (χ0v) is 10.5. The minimum absolute atomic E-state index is 0.119. The van der Waals surface area contributed by atoms with Gasteiger partial charge in [0.15, 0.2) is 0 Å². The van der Waals surface area contributed by atoms with Crippen LogP contribution in [-0.4, -0.2) is 29.2 Å². The fraction of sp³-hybridized carbons (Fsp3) is 0.250. The molecule has 19 heavy (non-hydrogen) atoms. The van der Waals surface area contributed by atoms with Crippen LogP contribution in [0.15, 0.2) is 18.2 Å². The van der Waals surface area contributed by atoms with E-state index in [4.69, 9.17) is 11.6 Å². The largest absolute Gasteiger partial charge is 0.324 e. The maximum atomic E-state index is 12.9. The number of halogens is 2. The molecule has 2 rings (SSSR count). The third-order valence-electron chi connectivity index (χ3n) is 2.66. The van der Waals surface area contributed by atoms with E-state index in [1.165, 1.54) is 12.1 Å². The fourth-order valence-corrected chi connectivity index (χ4v) is 1.90. The van der Waals surface area contributed by atoms with Crippen LogP contribution in [0, 0.1) is 5.82 Å². The Balaban J connectivity index is 1.99. The summed E-state index contributed by atoms with van der Waals surface area (Å²) in [5.41, 5.74) is 0.301. The van der Waals surface area contributed by atoms with Crippen molar-refractivity contribution in [1.29, 1.82) is 0 Å². The zero-order chi connectivity index (χ0) is 14.0. The van der Waals surface area contributed by atoms with E-state index in [0.29, 0.717) is 5.69 Å². The molecule has 1 aliphatic heterocycles. The van der Waals surface area contributed by atoms with E-state index < -0.39 is 11.7 Å². The summed E-state index contributed by atoms with van der Waals surface area (Å²) >= 11 is 5.57. The summed E-state index contributed by atoms with van der Waals surface area (Å²) < 4.78 is 12.9. The van der Waals surface area contributed by atoms with Crippen molar-refractivity contribution in [2.24, 2.45) is 0 Å². The van der Waals surface area contributed by atoms with Crippen molar-refractivity contribution < 1.29 is 18.8 Å². The first kappa shape index (κ1) is 13.5. The lowest BCUT2D eigenvalue weighted by Crippen LogP contribution is -2.36. The van der Waals surface area contributed by atoms with Crippen molar-refractivity contribution in [1.82, 2.24) is 4.90 Å². The molecule has 1 saturated heterocycles. The first-order chi connectivity index (χ1) is 8.97. The Bertz CT molecular complexity index is 546. The molecule has 1 aliphatic rings. The summed E-state index contributed by atoms with van der Waals surface area (Å²) in [6.07, 6.45) is 0.267. The van der Waals surface area contributed by atoms with Crippen LogP contribution in [0.25, 0.3) is 0 Å². The van der Waals surface area contributed by atoms with E-state index >= 15 is 0 Å². The third kappa shape index (κ3) is 3.08. The van der Waals surface area contributed by atoms with Gasteiger partial charge in [0.1, 0.15) is 12.4 Å². The molecule has 1 heterocycles. The van der Waals surface area contributed by atoms with Gasteiger partial charge in [0.2, 0.25) is 17.7 Å². The molecule has 0 aromatic heterocycles. The highest BCUT2D eigenvalue weighted by Crippen LogP contribution is 2.19. The second kappa shape index (κ2) is 5.36. The molecule has 100 valence electrons. The van der Waals surface area contributed by atoms with Gasteiger partial charge in [0.05, 0.1) is 5.02 Å². The van der Waals surface area contributed by atoms with Crippen molar-refractivity contribution >= 4 is 35.0 Å². The molecule has 3 amide bonds. The zero-order valence-electron chi connectivity index (χ0n) is 9.78. The van der Waals surface area contributed by atoms with Crippen LogP contribution in [-0.2, 0) is 14.4 Å². The van der Waals surface area contributed by atoms with Gasteiger partial charge < -0.3 is 5.32 Å². The molecule has 0 atom stereocenters. The molecule has 0 saturated carbocycles. The van der Waals surface area contributed by atoms with Crippen LogP contribution in [0.5, 0.6) is 0 Å². The Hall–Kier alpha value is -1.95. The Kier molecular flexibility index (Phi) is 3.80. The van der Waals surface area contributed by atoms with Crippen molar-refractivity contribution in [3.8, 4) is 0 Å². The van der Waals surface area contributed by atoms with Crippen LogP contribution < -0.4 is 5.32 Å². The van der Waals surface area contributed by atoms with Crippen LogP contribution in [0.3, 0.4) is 0 Å². The molecule has 0 bridgehead atoms. The second-order valence-electron chi connectivity index (χ2n) is 4.05. The van der Waals surface area contributed by atoms with Crippen LogP contribution in [0.2, 0.25) is 5.02 Å². The maximum absolute atomic E-state index is 12.9. The van der Waals surface area contributed by atoms with E-state index in [-0.39, 0.29) is 36.2 Å². The Morgan fingerprint density at radius 2 is 1.95 bits per heavy atom. The van der Waals surface area contributed by atoms with Gasteiger partial charge in [-0.3, -0.25) is 19.3 Å². The van der Waals surface area contributed by atoms with E-state index in [1.54, 1.807) is 0 Å². The molecular weight excluding hydrogens is 275 g/mol. The Morgan fingerprint density at radius 1 is 1.32 bits per heavy atom. The van der Waals surface area contributed by atoms with Gasteiger partial charge in [-0.1, -0.05) is 11.6 Å². The molecule has 1 aromatic rings. The number of imide groups is 1. The van der Waals surface area contributed by atoms with Crippen LogP contribution >= 0.6 is 11.6 Å². The number of hydrogen-bond donors (Lipinski definition) is 1. The van der Waals surface area contributed by atoms with Gasteiger partial charge in [0, 0.05) is 18.5 Å². The summed E-state index contributed by atoms with van der Waals surface area (Å²) in [6, 6.07) is 3.71. The summed E-state index contributed by atoms with van der Waals surface area (Å²) in [4.78, 5) is 35.2. The SMILES string of the molecule is O=C(CN1C(=O)CCC1=O)Nc1ccc(F)c(Cl)c1.